The molecule has 0 radical (unpaired) electrons. The number of ether oxygens (including phenoxy) is 1. The van der Waals surface area contributed by atoms with Crippen molar-refractivity contribution >= 4 is 11.7 Å². The van der Waals surface area contributed by atoms with Crippen molar-refractivity contribution in [1.82, 2.24) is 4.98 Å². The maximum Gasteiger partial charge on any atom is 0.339 e. The van der Waals surface area contributed by atoms with Gasteiger partial charge in [-0.05, 0) is 18.9 Å². The molecule has 1 aromatic rings. The van der Waals surface area contributed by atoms with Crippen molar-refractivity contribution in [2.75, 3.05) is 12.4 Å². The third-order valence-electron chi connectivity index (χ3n) is 2.84. The van der Waals surface area contributed by atoms with E-state index in [9.17, 15) is 4.79 Å². The number of hydrogen-bond donors (Lipinski definition) is 2. The highest BCUT2D eigenvalue weighted by atomic mass is 16.5. The topological polar surface area (TPSA) is 71.5 Å². The number of carboxylic acid groups (broad SMARTS) is 1. The minimum absolute atomic E-state index is 0.211. The Morgan fingerprint density at radius 1 is 1.62 bits per heavy atom. The van der Waals surface area contributed by atoms with Crippen LogP contribution in [0.25, 0.3) is 0 Å². The number of carboxylic acids is 1. The van der Waals surface area contributed by atoms with Gasteiger partial charge < -0.3 is 15.2 Å². The minimum atomic E-state index is -0.960. The molecular weight excluding hydrogens is 208 g/mol. The molecule has 2 rings (SSSR count). The fraction of sp³-hybridized carbons (Fsp3) is 0.455. The van der Waals surface area contributed by atoms with Crippen molar-refractivity contribution < 1.29 is 14.6 Å². The minimum Gasteiger partial charge on any atom is -0.478 e. The number of nitrogens with zero attached hydrogens (tertiary/aromatic N) is 1. The molecule has 0 saturated heterocycles. The number of aromatic carboxylic acids is 1. The maximum atomic E-state index is 10.9. The molecule has 5 nitrogen and oxygen atoms in total. The van der Waals surface area contributed by atoms with Crippen LogP contribution in [0.1, 0.15) is 23.2 Å². The Hall–Kier alpha value is -1.62. The van der Waals surface area contributed by atoms with Gasteiger partial charge in [0.15, 0.2) is 0 Å². The zero-order valence-corrected chi connectivity index (χ0v) is 9.01. The molecule has 1 saturated carbocycles. The molecule has 1 aromatic heterocycles. The molecule has 0 aromatic carbocycles. The fourth-order valence-electron chi connectivity index (χ4n) is 1.79. The van der Waals surface area contributed by atoms with E-state index < -0.39 is 5.97 Å². The molecule has 86 valence electrons. The summed E-state index contributed by atoms with van der Waals surface area (Å²) in [6, 6.07) is 1.98. The van der Waals surface area contributed by atoms with E-state index in [0.29, 0.717) is 17.8 Å². The van der Waals surface area contributed by atoms with Gasteiger partial charge in [-0.1, -0.05) is 0 Å². The Balaban J connectivity index is 2.02. The van der Waals surface area contributed by atoms with Crippen molar-refractivity contribution in [1.29, 1.82) is 0 Å². The summed E-state index contributed by atoms with van der Waals surface area (Å²) in [5.41, 5.74) is 0.838. The number of nitrogens with one attached hydrogen (secondary N) is 1. The van der Waals surface area contributed by atoms with Gasteiger partial charge in [-0.25, -0.2) is 4.79 Å². The van der Waals surface area contributed by atoms with Gasteiger partial charge >= 0.3 is 5.97 Å². The van der Waals surface area contributed by atoms with E-state index in [0.717, 1.165) is 12.8 Å². The van der Waals surface area contributed by atoms with Crippen molar-refractivity contribution in [3.8, 4) is 0 Å². The van der Waals surface area contributed by atoms with E-state index in [-0.39, 0.29) is 5.56 Å². The van der Waals surface area contributed by atoms with Gasteiger partial charge in [-0.3, -0.25) is 4.98 Å². The van der Waals surface area contributed by atoms with Crippen LogP contribution in [-0.4, -0.2) is 35.3 Å². The zero-order valence-electron chi connectivity index (χ0n) is 9.01. The number of anilines is 1. The predicted octanol–water partition coefficient (Wildman–Crippen LogP) is 1.37. The number of pyridine rings is 1. The van der Waals surface area contributed by atoms with Crippen molar-refractivity contribution in [3.05, 3.63) is 24.0 Å². The summed E-state index contributed by atoms with van der Waals surface area (Å²) in [4.78, 5) is 14.7. The van der Waals surface area contributed by atoms with Crippen LogP contribution in [0, 0.1) is 0 Å². The lowest BCUT2D eigenvalue weighted by Crippen LogP contribution is -2.40. The van der Waals surface area contributed by atoms with Crippen molar-refractivity contribution in [2.45, 2.75) is 25.0 Å². The predicted molar refractivity (Wildman–Crippen MR) is 58.6 cm³/mol. The number of carbonyl (C=O) groups is 1. The standard InChI is InChI=1S/C11H14N2O3/c1-16-8-4-7(5-8)13-10-2-3-12-6-9(10)11(14)15/h2-3,6-8H,4-5H2,1H3,(H,12,13)(H,14,15). The van der Waals surface area contributed by atoms with Gasteiger partial charge in [0.05, 0.1) is 11.8 Å². The quantitative estimate of drug-likeness (QED) is 0.805. The molecule has 1 aliphatic carbocycles. The van der Waals surface area contributed by atoms with E-state index >= 15 is 0 Å². The summed E-state index contributed by atoms with van der Waals surface area (Å²) in [6.45, 7) is 0. The molecule has 0 atom stereocenters. The Bertz CT molecular complexity index is 389. The summed E-state index contributed by atoms with van der Waals surface area (Å²) in [6.07, 6.45) is 5.07. The summed E-state index contributed by atoms with van der Waals surface area (Å²) < 4.78 is 5.16. The monoisotopic (exact) mass is 222 g/mol. The Morgan fingerprint density at radius 2 is 2.38 bits per heavy atom. The smallest absolute Gasteiger partial charge is 0.339 e. The molecule has 16 heavy (non-hydrogen) atoms. The average molecular weight is 222 g/mol. The van der Waals surface area contributed by atoms with Gasteiger partial charge in [-0.2, -0.15) is 0 Å². The van der Waals surface area contributed by atoms with Crippen molar-refractivity contribution in [2.24, 2.45) is 0 Å². The average Bonchev–Trinajstić information content (AvgIpc) is 2.23. The second-order valence-electron chi connectivity index (χ2n) is 3.90. The highest BCUT2D eigenvalue weighted by Gasteiger charge is 2.29. The second-order valence-corrected chi connectivity index (χ2v) is 3.90. The van der Waals surface area contributed by atoms with Gasteiger partial charge in [0.1, 0.15) is 5.56 Å². The molecule has 0 aliphatic heterocycles. The van der Waals surface area contributed by atoms with Crippen LogP contribution in [0.2, 0.25) is 0 Å². The van der Waals surface area contributed by atoms with E-state index in [1.54, 1.807) is 19.4 Å². The number of hydrogen-bond acceptors (Lipinski definition) is 4. The van der Waals surface area contributed by atoms with E-state index in [2.05, 4.69) is 10.3 Å². The lowest BCUT2D eigenvalue weighted by molar-refractivity contribution is 0.0328. The molecule has 1 fully saturated rings. The van der Waals surface area contributed by atoms with Crippen LogP contribution in [0.5, 0.6) is 0 Å². The van der Waals surface area contributed by atoms with Crippen LogP contribution in [0.3, 0.4) is 0 Å². The normalized spacial score (nSPS) is 23.6. The summed E-state index contributed by atoms with van der Waals surface area (Å²) >= 11 is 0. The summed E-state index contributed by atoms with van der Waals surface area (Å²) in [5, 5.41) is 12.2. The van der Waals surface area contributed by atoms with Crippen LogP contribution < -0.4 is 5.32 Å². The first-order chi connectivity index (χ1) is 7.70. The Labute approximate surface area is 93.5 Å². The largest absolute Gasteiger partial charge is 0.478 e. The van der Waals surface area contributed by atoms with Gasteiger partial charge in [0.2, 0.25) is 0 Å². The molecule has 0 spiro atoms. The van der Waals surface area contributed by atoms with Crippen LogP contribution >= 0.6 is 0 Å². The maximum absolute atomic E-state index is 10.9. The molecule has 2 N–H and O–H groups in total. The van der Waals surface area contributed by atoms with Crippen molar-refractivity contribution in [3.63, 3.8) is 0 Å². The highest BCUT2D eigenvalue weighted by molar-refractivity contribution is 5.93. The first-order valence-electron chi connectivity index (χ1n) is 5.17. The number of methoxy groups -OCH3 is 1. The highest BCUT2D eigenvalue weighted by Crippen LogP contribution is 2.27. The van der Waals surface area contributed by atoms with E-state index in [1.165, 1.54) is 6.20 Å². The van der Waals surface area contributed by atoms with Gasteiger partial charge in [0, 0.05) is 25.5 Å². The lowest BCUT2D eigenvalue weighted by atomic mass is 9.89. The third-order valence-corrected chi connectivity index (χ3v) is 2.84. The first kappa shape index (κ1) is 10.9. The number of aromatic nitrogens is 1. The number of rotatable bonds is 4. The van der Waals surface area contributed by atoms with E-state index in [4.69, 9.17) is 9.84 Å². The first-order valence-corrected chi connectivity index (χ1v) is 5.17. The van der Waals surface area contributed by atoms with Gasteiger partial charge in [0.25, 0.3) is 0 Å². The second kappa shape index (κ2) is 4.49. The van der Waals surface area contributed by atoms with Crippen LogP contribution in [0.15, 0.2) is 18.5 Å². The molecule has 1 heterocycles. The Kier molecular flexibility index (Phi) is 3.05. The third kappa shape index (κ3) is 2.14. The fourth-order valence-corrected chi connectivity index (χ4v) is 1.79. The molecule has 0 amide bonds. The molecular formula is C11H14N2O3. The lowest BCUT2D eigenvalue weighted by Gasteiger charge is -2.35. The molecule has 0 unspecified atom stereocenters. The van der Waals surface area contributed by atoms with Gasteiger partial charge in [-0.15, -0.1) is 0 Å². The van der Waals surface area contributed by atoms with Crippen LogP contribution in [-0.2, 0) is 4.74 Å². The molecule has 5 heteroatoms. The zero-order chi connectivity index (χ0) is 11.5. The SMILES string of the molecule is COC1CC(Nc2ccncc2C(=O)O)C1. The molecule has 0 bridgehead atoms. The summed E-state index contributed by atoms with van der Waals surface area (Å²) in [7, 11) is 1.69. The van der Waals surface area contributed by atoms with E-state index in [1.807, 2.05) is 0 Å². The Morgan fingerprint density at radius 3 is 3.00 bits per heavy atom. The van der Waals surface area contributed by atoms with Crippen LogP contribution in [0.4, 0.5) is 5.69 Å². The molecule has 1 aliphatic rings. The summed E-state index contributed by atoms with van der Waals surface area (Å²) in [5.74, 6) is -0.960.